The van der Waals surface area contributed by atoms with E-state index in [2.05, 4.69) is 4.90 Å². The second-order valence-corrected chi connectivity index (χ2v) is 5.60. The Kier molecular flexibility index (Phi) is 5.82. The molecule has 0 aliphatic carbocycles. The van der Waals surface area contributed by atoms with E-state index in [1.54, 1.807) is 7.11 Å². The molecule has 0 spiro atoms. The molecule has 1 aliphatic rings. The summed E-state index contributed by atoms with van der Waals surface area (Å²) >= 11 is 0. The molecule has 1 aromatic carbocycles. The van der Waals surface area contributed by atoms with E-state index in [1.165, 1.54) is 0 Å². The number of piperidine rings is 1. The zero-order valence-electron chi connectivity index (χ0n) is 12.3. The lowest BCUT2D eigenvalue weighted by atomic mass is 9.98. The molecule has 1 heterocycles. The number of carbonyl (C=O) groups is 1. The zero-order chi connectivity index (χ0) is 15.2. The van der Waals surface area contributed by atoms with Crippen molar-refractivity contribution in [2.24, 2.45) is 5.92 Å². The molecule has 1 aliphatic heterocycles. The van der Waals surface area contributed by atoms with Gasteiger partial charge in [-0.15, -0.1) is 0 Å². The van der Waals surface area contributed by atoms with Gasteiger partial charge < -0.3 is 9.64 Å². The van der Waals surface area contributed by atoms with Crippen LogP contribution in [0.15, 0.2) is 18.2 Å². The lowest BCUT2D eigenvalue weighted by Gasteiger charge is -2.32. The number of ketones is 1. The van der Waals surface area contributed by atoms with Crippen molar-refractivity contribution >= 4 is 5.78 Å². The van der Waals surface area contributed by atoms with Gasteiger partial charge in [0.2, 0.25) is 0 Å². The summed E-state index contributed by atoms with van der Waals surface area (Å²) in [5.41, 5.74) is 0.109. The Morgan fingerprint density at radius 1 is 1.33 bits per heavy atom. The normalized spacial score (nSPS) is 19.7. The summed E-state index contributed by atoms with van der Waals surface area (Å²) < 4.78 is 31.4. The highest BCUT2D eigenvalue weighted by Gasteiger charge is 2.20. The quantitative estimate of drug-likeness (QED) is 0.756. The van der Waals surface area contributed by atoms with Gasteiger partial charge in [-0.3, -0.25) is 4.79 Å². The van der Waals surface area contributed by atoms with Crippen molar-refractivity contribution < 1.29 is 18.3 Å². The van der Waals surface area contributed by atoms with E-state index in [9.17, 15) is 13.6 Å². The summed E-state index contributed by atoms with van der Waals surface area (Å²) in [6.45, 7) is 3.24. The molecule has 0 amide bonds. The number of hydrogen-bond donors (Lipinski definition) is 0. The van der Waals surface area contributed by atoms with Crippen molar-refractivity contribution in [3.05, 3.63) is 35.4 Å². The van der Waals surface area contributed by atoms with Crippen molar-refractivity contribution in [3.63, 3.8) is 0 Å². The minimum absolute atomic E-state index is 0.109. The minimum Gasteiger partial charge on any atom is -0.384 e. The van der Waals surface area contributed by atoms with E-state index in [-0.39, 0.29) is 17.8 Å². The maximum atomic E-state index is 13.1. The van der Waals surface area contributed by atoms with E-state index in [4.69, 9.17) is 4.74 Å². The number of ether oxygens (including phenoxy) is 1. The average molecular weight is 297 g/mol. The first-order valence-corrected chi connectivity index (χ1v) is 7.29. The molecular formula is C16H21F2NO2. The largest absolute Gasteiger partial charge is 0.384 e. The number of carbonyl (C=O) groups excluding carboxylic acids is 1. The monoisotopic (exact) mass is 297 g/mol. The number of hydrogen-bond acceptors (Lipinski definition) is 3. The van der Waals surface area contributed by atoms with E-state index >= 15 is 0 Å². The van der Waals surface area contributed by atoms with Crippen molar-refractivity contribution in [1.29, 1.82) is 0 Å². The van der Waals surface area contributed by atoms with E-state index in [0.29, 0.717) is 12.5 Å². The molecule has 1 atom stereocenters. The van der Waals surface area contributed by atoms with E-state index in [0.717, 1.165) is 50.7 Å². The smallest absolute Gasteiger partial charge is 0.164 e. The number of likely N-dealkylation sites (tertiary alicyclic amines) is 1. The number of rotatable bonds is 6. The van der Waals surface area contributed by atoms with Gasteiger partial charge in [-0.2, -0.15) is 0 Å². The van der Waals surface area contributed by atoms with Crippen LogP contribution in [0.2, 0.25) is 0 Å². The highest BCUT2D eigenvalue weighted by atomic mass is 19.1. The van der Waals surface area contributed by atoms with Crippen LogP contribution in [0.5, 0.6) is 0 Å². The third kappa shape index (κ3) is 4.86. The Morgan fingerprint density at radius 2 is 2.05 bits per heavy atom. The van der Waals surface area contributed by atoms with Crippen molar-refractivity contribution in [3.8, 4) is 0 Å². The predicted octanol–water partition coefficient (Wildman–Crippen LogP) is 2.90. The maximum Gasteiger partial charge on any atom is 0.164 e. The minimum atomic E-state index is -0.712. The highest BCUT2D eigenvalue weighted by molar-refractivity contribution is 5.96. The van der Waals surface area contributed by atoms with Gasteiger partial charge in [0.1, 0.15) is 11.6 Å². The summed E-state index contributed by atoms with van der Waals surface area (Å²) in [5.74, 6) is -1.14. The molecule has 2 rings (SSSR count). The Labute approximate surface area is 123 Å². The standard InChI is InChI=1S/C16H21F2NO2/c1-21-11-12-3-2-5-19(10-12)6-4-16(20)13-7-14(17)9-15(18)8-13/h7-9,12H,2-6,10-11H2,1H3. The Hall–Kier alpha value is -1.33. The molecular weight excluding hydrogens is 276 g/mol. The number of methoxy groups -OCH3 is 1. The fourth-order valence-electron chi connectivity index (χ4n) is 2.84. The molecule has 1 fully saturated rings. The van der Waals surface area contributed by atoms with Gasteiger partial charge in [-0.25, -0.2) is 8.78 Å². The molecule has 21 heavy (non-hydrogen) atoms. The molecule has 0 aromatic heterocycles. The van der Waals surface area contributed by atoms with Crippen molar-refractivity contribution in [2.75, 3.05) is 33.4 Å². The molecule has 1 aromatic rings. The first kappa shape index (κ1) is 16.0. The second kappa shape index (κ2) is 7.61. The van der Waals surface area contributed by atoms with Gasteiger partial charge in [0.15, 0.2) is 5.78 Å². The molecule has 5 heteroatoms. The summed E-state index contributed by atoms with van der Waals surface area (Å²) in [5, 5.41) is 0. The van der Waals surface area contributed by atoms with Crippen LogP contribution in [0.25, 0.3) is 0 Å². The summed E-state index contributed by atoms with van der Waals surface area (Å²) in [7, 11) is 1.70. The fraction of sp³-hybridized carbons (Fsp3) is 0.562. The zero-order valence-corrected chi connectivity index (χ0v) is 12.3. The van der Waals surface area contributed by atoms with Gasteiger partial charge in [0, 0.05) is 38.2 Å². The first-order chi connectivity index (χ1) is 10.1. The van der Waals surface area contributed by atoms with Crippen molar-refractivity contribution in [1.82, 2.24) is 4.90 Å². The first-order valence-electron chi connectivity index (χ1n) is 7.29. The SMILES string of the molecule is COCC1CCCN(CCC(=O)c2cc(F)cc(F)c2)C1. The summed E-state index contributed by atoms with van der Waals surface area (Å²) in [4.78, 5) is 14.2. The lowest BCUT2D eigenvalue weighted by molar-refractivity contribution is 0.0830. The third-order valence-electron chi connectivity index (χ3n) is 3.85. The van der Waals surface area contributed by atoms with E-state index in [1.807, 2.05) is 0 Å². The molecule has 0 bridgehead atoms. The van der Waals surface area contributed by atoms with Crippen LogP contribution in [0.4, 0.5) is 8.78 Å². The Bertz CT molecular complexity index is 471. The van der Waals surface area contributed by atoms with Crippen LogP contribution in [0.1, 0.15) is 29.6 Å². The molecule has 3 nitrogen and oxygen atoms in total. The Morgan fingerprint density at radius 3 is 2.71 bits per heavy atom. The highest BCUT2D eigenvalue weighted by Crippen LogP contribution is 2.17. The fourth-order valence-corrected chi connectivity index (χ4v) is 2.84. The number of benzene rings is 1. The third-order valence-corrected chi connectivity index (χ3v) is 3.85. The van der Waals surface area contributed by atoms with Gasteiger partial charge >= 0.3 is 0 Å². The van der Waals surface area contributed by atoms with Gasteiger partial charge in [-0.05, 0) is 37.4 Å². The number of nitrogens with zero attached hydrogens (tertiary/aromatic N) is 1. The predicted molar refractivity (Wildman–Crippen MR) is 76.3 cm³/mol. The molecule has 1 saturated heterocycles. The molecule has 0 radical (unpaired) electrons. The second-order valence-electron chi connectivity index (χ2n) is 5.60. The lowest BCUT2D eigenvalue weighted by Crippen LogP contribution is -2.38. The summed E-state index contributed by atoms with van der Waals surface area (Å²) in [6.07, 6.45) is 2.52. The maximum absolute atomic E-state index is 13.1. The van der Waals surface area contributed by atoms with Crippen LogP contribution in [-0.2, 0) is 4.74 Å². The molecule has 1 unspecified atom stereocenters. The van der Waals surface area contributed by atoms with Crippen LogP contribution in [0, 0.1) is 17.6 Å². The van der Waals surface area contributed by atoms with Crippen LogP contribution in [0.3, 0.4) is 0 Å². The number of Topliss-reactive ketones (excluding diaryl/α,β-unsaturated/α-hetero) is 1. The van der Waals surface area contributed by atoms with E-state index < -0.39 is 11.6 Å². The van der Waals surface area contributed by atoms with Crippen LogP contribution in [-0.4, -0.2) is 44.0 Å². The van der Waals surface area contributed by atoms with Crippen molar-refractivity contribution in [2.45, 2.75) is 19.3 Å². The number of halogens is 2. The Balaban J connectivity index is 1.86. The molecule has 0 N–H and O–H groups in total. The van der Waals surface area contributed by atoms with Crippen LogP contribution >= 0.6 is 0 Å². The van der Waals surface area contributed by atoms with Gasteiger partial charge in [0.05, 0.1) is 6.61 Å². The molecule has 0 saturated carbocycles. The van der Waals surface area contributed by atoms with Gasteiger partial charge in [-0.1, -0.05) is 0 Å². The summed E-state index contributed by atoms with van der Waals surface area (Å²) in [6, 6.07) is 2.96. The van der Waals surface area contributed by atoms with Crippen LogP contribution < -0.4 is 0 Å². The average Bonchev–Trinajstić information content (AvgIpc) is 2.44. The topological polar surface area (TPSA) is 29.5 Å². The van der Waals surface area contributed by atoms with Gasteiger partial charge in [0.25, 0.3) is 0 Å². The molecule has 116 valence electrons.